The minimum Gasteiger partial charge on any atom is -0.147 e. The summed E-state index contributed by atoms with van der Waals surface area (Å²) in [5.41, 5.74) is 0. The fourth-order valence-electron chi connectivity index (χ4n) is 0.248. The number of hydrogen-bond acceptors (Lipinski definition) is 3. The molecule has 0 saturated heterocycles. The molecule has 0 radical (unpaired) electrons. The average Bonchev–Trinajstić information content (AvgIpc) is 1.68. The molecular weight excluding hydrogens is 182 g/mol. The zero-order valence-corrected chi connectivity index (χ0v) is 7.71. The van der Waals surface area contributed by atoms with Crippen molar-refractivity contribution in [2.24, 2.45) is 0 Å². The van der Waals surface area contributed by atoms with Gasteiger partial charge in [-0.1, -0.05) is 0 Å². The second-order valence-electron chi connectivity index (χ2n) is 1.06. The van der Waals surface area contributed by atoms with E-state index in [0.29, 0.717) is 13.2 Å². The molecule has 0 unspecified atom stereocenters. The first kappa shape index (κ1) is 12.3. The van der Waals surface area contributed by atoms with Gasteiger partial charge in [-0.05, 0) is 0 Å². The quantitative estimate of drug-likeness (QED) is 0.675. The Balaban J connectivity index is 0. The van der Waals surface area contributed by atoms with Crippen LogP contribution in [-0.4, -0.2) is 13.2 Å². The van der Waals surface area contributed by atoms with Crippen molar-refractivity contribution in [2.45, 2.75) is 13.8 Å². The van der Waals surface area contributed by atoms with Gasteiger partial charge in [0, 0.05) is 0 Å². The summed E-state index contributed by atoms with van der Waals surface area (Å²) in [6.45, 7) is 4.53. The zero-order chi connectivity index (χ0) is 6.41. The normalized spacial score (nSPS) is 8.22. The standard InChI is InChI=1S/2C2H5O.ClH.O.V/c2*1-2-3;;;/h2*2H2,1H3;1H;;/q2*-1;;;+2. The van der Waals surface area contributed by atoms with Gasteiger partial charge in [0.2, 0.25) is 0 Å². The van der Waals surface area contributed by atoms with E-state index in [4.69, 9.17) is 0 Å². The molecule has 0 rings (SSSR count). The molecule has 0 aromatic rings. The smallest absolute Gasteiger partial charge is 0.147 e. The van der Waals surface area contributed by atoms with Crippen LogP contribution in [0.5, 0.6) is 0 Å². The minimum atomic E-state index is -2.51. The Morgan fingerprint density at radius 1 is 1.22 bits per heavy atom. The molecule has 0 N–H and O–H groups in total. The summed E-state index contributed by atoms with van der Waals surface area (Å²) < 4.78 is 19.7. The van der Waals surface area contributed by atoms with Gasteiger partial charge in [0.1, 0.15) is 0 Å². The van der Waals surface area contributed by atoms with E-state index in [0.717, 1.165) is 0 Å². The van der Waals surface area contributed by atoms with E-state index in [2.05, 4.69) is 7.32 Å². The molecule has 5 heteroatoms. The van der Waals surface area contributed by atoms with Crippen LogP contribution in [0, 0.1) is 0 Å². The van der Waals surface area contributed by atoms with E-state index in [1.165, 1.54) is 0 Å². The van der Waals surface area contributed by atoms with E-state index >= 15 is 0 Å². The molecule has 0 aromatic heterocycles. The van der Waals surface area contributed by atoms with Crippen LogP contribution in [0.4, 0.5) is 0 Å². The predicted molar refractivity (Wildman–Crippen MR) is 31.2 cm³/mol. The minimum absolute atomic E-state index is 0. The van der Waals surface area contributed by atoms with E-state index in [1.54, 1.807) is 13.8 Å². The van der Waals surface area contributed by atoms with Crippen molar-refractivity contribution in [1.82, 2.24) is 0 Å². The molecular formula is C4H11ClO3V. The van der Waals surface area contributed by atoms with Crippen molar-refractivity contribution in [1.29, 1.82) is 0 Å². The second kappa shape index (κ2) is 8.59. The summed E-state index contributed by atoms with van der Waals surface area (Å²) >= 11 is -2.51. The van der Waals surface area contributed by atoms with Crippen LogP contribution >= 0.6 is 12.4 Å². The molecule has 0 fully saturated rings. The third-order valence-electron chi connectivity index (χ3n) is 0.469. The van der Waals surface area contributed by atoms with Gasteiger partial charge < -0.3 is 0 Å². The third-order valence-corrected chi connectivity index (χ3v) is 1.93. The van der Waals surface area contributed by atoms with Crippen LogP contribution in [0.1, 0.15) is 13.8 Å². The predicted octanol–water partition coefficient (Wildman–Crippen LogP) is 1.27. The largest absolute Gasteiger partial charge is 0.147 e. The van der Waals surface area contributed by atoms with Crippen molar-refractivity contribution < 1.29 is 26.8 Å². The van der Waals surface area contributed by atoms with Crippen molar-refractivity contribution >= 4 is 12.4 Å². The molecule has 0 bridgehead atoms. The second-order valence-corrected chi connectivity index (χ2v) is 2.56. The summed E-state index contributed by atoms with van der Waals surface area (Å²) in [7, 11) is 0. The van der Waals surface area contributed by atoms with Crippen LogP contribution < -0.4 is 0 Å². The first-order valence-electron chi connectivity index (χ1n) is 2.54. The van der Waals surface area contributed by atoms with Crippen LogP contribution in [0.3, 0.4) is 0 Å². The molecule has 0 amide bonds. The maximum Gasteiger partial charge on any atom is -0.147 e. The molecule has 0 atom stereocenters. The van der Waals surface area contributed by atoms with Gasteiger partial charge in [-0.15, -0.1) is 12.4 Å². The van der Waals surface area contributed by atoms with Crippen LogP contribution in [0.25, 0.3) is 0 Å². The molecule has 0 spiro atoms. The molecule has 0 aliphatic heterocycles. The number of halogens is 1. The Hall–Kier alpha value is 0.594. The topological polar surface area (TPSA) is 35.5 Å². The summed E-state index contributed by atoms with van der Waals surface area (Å²) in [5, 5.41) is 0. The maximum atomic E-state index is 10.4. The Bertz CT molecular complexity index is 70.2. The fourth-order valence-corrected chi connectivity index (χ4v) is 1.02. The van der Waals surface area contributed by atoms with E-state index in [1.807, 2.05) is 0 Å². The van der Waals surface area contributed by atoms with Crippen molar-refractivity contribution in [3.05, 3.63) is 0 Å². The SMILES string of the molecule is CC[O][V](=[O])[O]CC.Cl. The summed E-state index contributed by atoms with van der Waals surface area (Å²) in [6.07, 6.45) is 0. The zero-order valence-electron chi connectivity index (χ0n) is 5.49. The van der Waals surface area contributed by atoms with Gasteiger partial charge in [-0.3, -0.25) is 0 Å². The van der Waals surface area contributed by atoms with Crippen LogP contribution in [0.15, 0.2) is 0 Å². The summed E-state index contributed by atoms with van der Waals surface area (Å²) in [5.74, 6) is 0. The maximum absolute atomic E-state index is 10.4. The van der Waals surface area contributed by atoms with Gasteiger partial charge in [0.05, 0.1) is 0 Å². The first-order valence-corrected chi connectivity index (χ1v) is 4.25. The molecule has 57 valence electrons. The van der Waals surface area contributed by atoms with Gasteiger partial charge in [0.25, 0.3) is 0 Å². The summed E-state index contributed by atoms with van der Waals surface area (Å²) in [6, 6.07) is 0. The van der Waals surface area contributed by atoms with Crippen molar-refractivity contribution in [2.75, 3.05) is 13.2 Å². The molecule has 0 heterocycles. The molecule has 3 nitrogen and oxygen atoms in total. The molecule has 0 saturated carbocycles. The molecule has 0 aromatic carbocycles. The third kappa shape index (κ3) is 8.59. The fraction of sp³-hybridized carbons (Fsp3) is 1.00. The van der Waals surface area contributed by atoms with Gasteiger partial charge in [0.15, 0.2) is 0 Å². The molecule has 9 heavy (non-hydrogen) atoms. The van der Waals surface area contributed by atoms with Gasteiger partial charge in [-0.2, -0.15) is 0 Å². The van der Waals surface area contributed by atoms with E-state index in [-0.39, 0.29) is 12.4 Å². The Morgan fingerprint density at radius 2 is 1.56 bits per heavy atom. The Morgan fingerprint density at radius 3 is 1.78 bits per heavy atom. The van der Waals surface area contributed by atoms with E-state index < -0.39 is 15.8 Å². The Kier molecular flexibility index (Phi) is 11.7. The molecule has 0 aliphatic rings. The Labute approximate surface area is 66.6 Å². The van der Waals surface area contributed by atoms with Gasteiger partial charge in [-0.25, -0.2) is 0 Å². The summed E-state index contributed by atoms with van der Waals surface area (Å²) in [4.78, 5) is 0. The van der Waals surface area contributed by atoms with Crippen LogP contribution in [0.2, 0.25) is 0 Å². The average molecular weight is 194 g/mol. The number of rotatable bonds is 4. The first-order chi connectivity index (χ1) is 3.81. The molecule has 0 aliphatic carbocycles. The number of hydrogen-bond donors (Lipinski definition) is 0. The monoisotopic (exact) mass is 193 g/mol. The van der Waals surface area contributed by atoms with Crippen molar-refractivity contribution in [3.63, 3.8) is 0 Å². The van der Waals surface area contributed by atoms with Crippen LogP contribution in [-0.2, 0) is 26.8 Å². The van der Waals surface area contributed by atoms with Crippen molar-refractivity contribution in [3.8, 4) is 0 Å². The van der Waals surface area contributed by atoms with Gasteiger partial charge >= 0.3 is 53.9 Å². The van der Waals surface area contributed by atoms with E-state index in [9.17, 15) is 3.67 Å².